The second-order valence-electron chi connectivity index (χ2n) is 3.73. The topological polar surface area (TPSA) is 32.3 Å². The zero-order valence-electron chi connectivity index (χ0n) is 9.01. The zero-order chi connectivity index (χ0) is 12.3. The standard InChI is InChI=1S/C10H13F3N2O/c1-15(2)9(16)14-8-5-3-4-7(6-8)10(11,12)13/h3,5-7H,4H2,1-2H3,(H,14,16). The largest absolute Gasteiger partial charge is 0.395 e. The van der Waals surface area contributed by atoms with Crippen LogP contribution in [0, 0.1) is 5.92 Å². The Morgan fingerprint density at radius 1 is 1.50 bits per heavy atom. The molecule has 2 amide bonds. The van der Waals surface area contributed by atoms with Gasteiger partial charge in [-0.15, -0.1) is 0 Å². The molecule has 0 fully saturated rings. The third-order valence-corrected chi connectivity index (χ3v) is 2.15. The number of nitrogens with zero attached hydrogens (tertiary/aromatic N) is 1. The summed E-state index contributed by atoms with van der Waals surface area (Å²) in [6, 6.07) is -0.446. The van der Waals surface area contributed by atoms with Crippen molar-refractivity contribution < 1.29 is 18.0 Å². The number of carbonyl (C=O) groups is 1. The summed E-state index contributed by atoms with van der Waals surface area (Å²) in [7, 11) is 3.04. The van der Waals surface area contributed by atoms with Crippen molar-refractivity contribution in [2.75, 3.05) is 14.1 Å². The molecule has 0 aromatic carbocycles. The molecule has 0 aromatic heterocycles. The molecule has 6 heteroatoms. The molecule has 0 aromatic rings. The fraction of sp³-hybridized carbons (Fsp3) is 0.500. The summed E-state index contributed by atoms with van der Waals surface area (Å²) in [5.41, 5.74) is 0.187. The van der Waals surface area contributed by atoms with Gasteiger partial charge in [-0.3, -0.25) is 0 Å². The number of hydrogen-bond acceptors (Lipinski definition) is 1. The van der Waals surface area contributed by atoms with E-state index in [4.69, 9.17) is 0 Å². The second-order valence-corrected chi connectivity index (χ2v) is 3.73. The van der Waals surface area contributed by atoms with Gasteiger partial charge in [-0.05, 0) is 18.6 Å². The van der Waals surface area contributed by atoms with Crippen LogP contribution < -0.4 is 5.32 Å². The molecule has 3 nitrogen and oxygen atoms in total. The minimum Gasteiger partial charge on any atom is -0.331 e. The lowest BCUT2D eigenvalue weighted by Gasteiger charge is -2.20. The highest BCUT2D eigenvalue weighted by Crippen LogP contribution is 2.32. The predicted octanol–water partition coefficient (Wildman–Crippen LogP) is 2.28. The molecule has 0 radical (unpaired) electrons. The number of nitrogens with one attached hydrogen (secondary N) is 1. The number of hydrogen-bond donors (Lipinski definition) is 1. The Balaban J connectivity index is 2.70. The maximum absolute atomic E-state index is 12.4. The molecule has 16 heavy (non-hydrogen) atoms. The summed E-state index contributed by atoms with van der Waals surface area (Å²) >= 11 is 0. The van der Waals surface area contributed by atoms with Gasteiger partial charge >= 0.3 is 12.2 Å². The Labute approximate surface area is 91.6 Å². The van der Waals surface area contributed by atoms with Crippen LogP contribution in [-0.4, -0.2) is 31.2 Å². The van der Waals surface area contributed by atoms with Gasteiger partial charge in [0.1, 0.15) is 0 Å². The molecule has 0 saturated carbocycles. The van der Waals surface area contributed by atoms with E-state index in [-0.39, 0.29) is 12.1 Å². The molecule has 0 aliphatic heterocycles. The van der Waals surface area contributed by atoms with Crippen molar-refractivity contribution in [1.82, 2.24) is 10.2 Å². The number of halogens is 3. The summed E-state index contributed by atoms with van der Waals surface area (Å²) in [5.74, 6) is -1.52. The molecule has 0 saturated heterocycles. The van der Waals surface area contributed by atoms with Crippen molar-refractivity contribution in [2.24, 2.45) is 5.92 Å². The highest BCUT2D eigenvalue weighted by Gasteiger charge is 2.38. The second kappa shape index (κ2) is 4.59. The summed E-state index contributed by atoms with van der Waals surface area (Å²) < 4.78 is 37.2. The Bertz CT molecular complexity index is 331. The molecule has 1 N–H and O–H groups in total. The third-order valence-electron chi connectivity index (χ3n) is 2.15. The summed E-state index contributed by atoms with van der Waals surface area (Å²) in [6.45, 7) is 0. The van der Waals surface area contributed by atoms with Crippen LogP contribution in [0.25, 0.3) is 0 Å². The number of carbonyl (C=O) groups excluding carboxylic acids is 1. The molecular formula is C10H13F3N2O. The van der Waals surface area contributed by atoms with Gasteiger partial charge in [-0.2, -0.15) is 13.2 Å². The fourth-order valence-electron chi connectivity index (χ4n) is 1.23. The van der Waals surface area contributed by atoms with E-state index in [1.54, 1.807) is 0 Å². The Hall–Kier alpha value is -1.46. The lowest BCUT2D eigenvalue weighted by Crippen LogP contribution is -2.35. The molecule has 0 bridgehead atoms. The molecule has 1 rings (SSSR count). The van der Waals surface area contributed by atoms with E-state index in [2.05, 4.69) is 5.32 Å². The Morgan fingerprint density at radius 2 is 2.12 bits per heavy atom. The van der Waals surface area contributed by atoms with Gasteiger partial charge in [0.25, 0.3) is 0 Å². The van der Waals surface area contributed by atoms with Crippen LogP contribution in [0.4, 0.5) is 18.0 Å². The van der Waals surface area contributed by atoms with Gasteiger partial charge in [0.2, 0.25) is 0 Å². The Kier molecular flexibility index (Phi) is 3.62. The number of amides is 2. The van der Waals surface area contributed by atoms with Crippen molar-refractivity contribution >= 4 is 6.03 Å². The minimum absolute atomic E-state index is 0.0785. The highest BCUT2D eigenvalue weighted by atomic mass is 19.4. The van der Waals surface area contributed by atoms with Gasteiger partial charge in [0.15, 0.2) is 0 Å². The van der Waals surface area contributed by atoms with E-state index in [9.17, 15) is 18.0 Å². The van der Waals surface area contributed by atoms with E-state index >= 15 is 0 Å². The molecule has 90 valence electrons. The average molecular weight is 234 g/mol. The SMILES string of the molecule is CN(C)C(=O)NC1=CC(C(F)(F)F)CC=C1. The maximum Gasteiger partial charge on any atom is 0.395 e. The molecule has 0 heterocycles. The quantitative estimate of drug-likeness (QED) is 0.741. The number of urea groups is 1. The third kappa shape index (κ3) is 3.29. The van der Waals surface area contributed by atoms with Crippen molar-refractivity contribution in [1.29, 1.82) is 0 Å². The number of rotatable bonds is 1. The van der Waals surface area contributed by atoms with Gasteiger partial charge in [-0.25, -0.2) is 4.79 Å². The van der Waals surface area contributed by atoms with Crippen molar-refractivity contribution in [2.45, 2.75) is 12.6 Å². The van der Waals surface area contributed by atoms with Crippen molar-refractivity contribution in [3.63, 3.8) is 0 Å². The predicted molar refractivity (Wildman–Crippen MR) is 53.6 cm³/mol. The van der Waals surface area contributed by atoms with Crippen LogP contribution in [0.5, 0.6) is 0 Å². The monoisotopic (exact) mass is 234 g/mol. The van der Waals surface area contributed by atoms with Gasteiger partial charge in [0.05, 0.1) is 5.92 Å². The van der Waals surface area contributed by atoms with Crippen LogP contribution in [-0.2, 0) is 0 Å². The van der Waals surface area contributed by atoms with E-state index in [1.807, 2.05) is 0 Å². The lowest BCUT2D eigenvalue weighted by molar-refractivity contribution is -0.160. The first-order valence-electron chi connectivity index (χ1n) is 4.74. The van der Waals surface area contributed by atoms with Crippen LogP contribution >= 0.6 is 0 Å². The van der Waals surface area contributed by atoms with E-state index in [1.165, 1.54) is 31.1 Å². The molecule has 1 unspecified atom stereocenters. The van der Waals surface area contributed by atoms with Crippen LogP contribution in [0.3, 0.4) is 0 Å². The average Bonchev–Trinajstić information content (AvgIpc) is 2.16. The molecule has 1 aliphatic carbocycles. The molecule has 1 aliphatic rings. The molecule has 0 spiro atoms. The summed E-state index contributed by atoms with van der Waals surface area (Å²) in [6.07, 6.45) is -0.432. The lowest BCUT2D eigenvalue weighted by atomic mass is 9.99. The first-order valence-corrected chi connectivity index (χ1v) is 4.74. The summed E-state index contributed by atoms with van der Waals surface area (Å²) in [4.78, 5) is 12.5. The number of alkyl halides is 3. The van der Waals surface area contributed by atoms with Gasteiger partial charge in [0, 0.05) is 19.8 Å². The zero-order valence-corrected chi connectivity index (χ0v) is 9.01. The van der Waals surface area contributed by atoms with E-state index in [0.29, 0.717) is 0 Å². The Morgan fingerprint density at radius 3 is 2.62 bits per heavy atom. The maximum atomic E-state index is 12.4. The fourth-order valence-corrected chi connectivity index (χ4v) is 1.23. The van der Waals surface area contributed by atoms with Crippen LogP contribution in [0.15, 0.2) is 23.9 Å². The molecule has 1 atom stereocenters. The summed E-state index contributed by atoms with van der Waals surface area (Å²) in [5, 5.41) is 2.38. The van der Waals surface area contributed by atoms with Crippen LogP contribution in [0.2, 0.25) is 0 Å². The van der Waals surface area contributed by atoms with E-state index in [0.717, 1.165) is 6.08 Å². The first kappa shape index (κ1) is 12.6. The highest BCUT2D eigenvalue weighted by molar-refractivity contribution is 5.76. The van der Waals surface area contributed by atoms with E-state index < -0.39 is 18.1 Å². The first-order chi connectivity index (χ1) is 7.30. The normalized spacial score (nSPS) is 20.3. The number of allylic oxidation sites excluding steroid dienone is 3. The van der Waals surface area contributed by atoms with Gasteiger partial charge in [-0.1, -0.05) is 6.08 Å². The van der Waals surface area contributed by atoms with Crippen molar-refractivity contribution in [3.05, 3.63) is 23.9 Å². The van der Waals surface area contributed by atoms with Gasteiger partial charge < -0.3 is 10.2 Å². The smallest absolute Gasteiger partial charge is 0.331 e. The van der Waals surface area contributed by atoms with Crippen LogP contribution in [0.1, 0.15) is 6.42 Å². The molecular weight excluding hydrogens is 221 g/mol. The minimum atomic E-state index is -4.27. The van der Waals surface area contributed by atoms with Crippen molar-refractivity contribution in [3.8, 4) is 0 Å².